The first-order chi connectivity index (χ1) is 11.4. The molecule has 0 aromatic carbocycles. The maximum absolute atomic E-state index is 12.0. The molecule has 1 aromatic heterocycles. The summed E-state index contributed by atoms with van der Waals surface area (Å²) in [5.41, 5.74) is 0. The van der Waals surface area contributed by atoms with E-state index in [-0.39, 0.29) is 18.5 Å². The van der Waals surface area contributed by atoms with Gasteiger partial charge in [-0.2, -0.15) is 0 Å². The van der Waals surface area contributed by atoms with Crippen LogP contribution in [-0.4, -0.2) is 61.1 Å². The van der Waals surface area contributed by atoms with Gasteiger partial charge in [0.2, 0.25) is 15.9 Å². The predicted octanol–water partition coefficient (Wildman–Crippen LogP) is -0.648. The maximum Gasteiger partial charge on any atom is 0.235 e. The lowest BCUT2D eigenvalue weighted by molar-refractivity contribution is -0.120. The largest absolute Gasteiger partial charge is 0.351 e. The summed E-state index contributed by atoms with van der Waals surface area (Å²) in [7, 11) is -3.36. The van der Waals surface area contributed by atoms with Crippen molar-refractivity contribution in [3.63, 3.8) is 0 Å². The normalized spacial score (nSPS) is 24.9. The third kappa shape index (κ3) is 4.96. The van der Waals surface area contributed by atoms with Crippen LogP contribution in [0.25, 0.3) is 0 Å². The third-order valence-electron chi connectivity index (χ3n) is 4.49. The predicted molar refractivity (Wildman–Crippen MR) is 88.3 cm³/mol. The van der Waals surface area contributed by atoms with Crippen molar-refractivity contribution in [2.45, 2.75) is 25.4 Å². The van der Waals surface area contributed by atoms with Gasteiger partial charge < -0.3 is 5.32 Å². The van der Waals surface area contributed by atoms with Gasteiger partial charge in [0.15, 0.2) is 0 Å². The van der Waals surface area contributed by atoms with Crippen LogP contribution >= 0.6 is 0 Å². The second-order valence-corrected chi connectivity index (χ2v) is 8.46. The lowest BCUT2D eigenvalue weighted by Gasteiger charge is -2.19. The first-order valence-electron chi connectivity index (χ1n) is 8.13. The highest BCUT2D eigenvalue weighted by Gasteiger charge is 2.43. The molecule has 1 aliphatic carbocycles. The zero-order valence-electron chi connectivity index (χ0n) is 13.7. The molecule has 1 aromatic rings. The van der Waals surface area contributed by atoms with E-state index in [1.165, 1.54) is 12.8 Å². The molecule has 3 rings (SSSR count). The fourth-order valence-electron chi connectivity index (χ4n) is 3.26. The molecule has 1 saturated carbocycles. The Kier molecular flexibility index (Phi) is 5.12. The van der Waals surface area contributed by atoms with Gasteiger partial charge in [-0.3, -0.25) is 9.69 Å². The van der Waals surface area contributed by atoms with Crippen LogP contribution in [0.3, 0.4) is 0 Å². The zero-order chi connectivity index (χ0) is 17.2. The minimum Gasteiger partial charge on any atom is -0.351 e. The number of rotatable bonds is 7. The van der Waals surface area contributed by atoms with Gasteiger partial charge in [-0.1, -0.05) is 0 Å². The summed E-state index contributed by atoms with van der Waals surface area (Å²) in [5.74, 6) is 1.56. The number of likely N-dealkylation sites (tertiary alicyclic amines) is 1. The summed E-state index contributed by atoms with van der Waals surface area (Å²) in [6.07, 6.45) is 6.91. The highest BCUT2D eigenvalue weighted by atomic mass is 32.2. The Balaban J connectivity index is 1.56. The van der Waals surface area contributed by atoms with Gasteiger partial charge in [-0.25, -0.2) is 23.1 Å². The summed E-state index contributed by atoms with van der Waals surface area (Å²) in [4.78, 5) is 22.8. The van der Waals surface area contributed by atoms with Gasteiger partial charge in [0, 0.05) is 31.5 Å². The van der Waals surface area contributed by atoms with E-state index in [0.717, 1.165) is 25.2 Å². The third-order valence-corrected chi connectivity index (χ3v) is 5.16. The van der Waals surface area contributed by atoms with E-state index in [0.29, 0.717) is 18.4 Å². The average Bonchev–Trinajstić information content (AvgIpc) is 3.29. The average molecular weight is 353 g/mol. The summed E-state index contributed by atoms with van der Waals surface area (Å²) >= 11 is 0. The SMILES string of the molecule is CS(=O)(=O)NCC(=O)N[C@@H]1CN(Cc2ncccn2)C[C@H]1C1CC1. The van der Waals surface area contributed by atoms with E-state index >= 15 is 0 Å². The molecule has 24 heavy (non-hydrogen) atoms. The van der Waals surface area contributed by atoms with E-state index in [4.69, 9.17) is 0 Å². The molecule has 1 amide bonds. The second-order valence-electron chi connectivity index (χ2n) is 6.63. The van der Waals surface area contributed by atoms with Crippen molar-refractivity contribution in [1.29, 1.82) is 0 Å². The van der Waals surface area contributed by atoms with E-state index < -0.39 is 10.0 Å². The van der Waals surface area contributed by atoms with E-state index in [2.05, 4.69) is 24.9 Å². The van der Waals surface area contributed by atoms with Gasteiger partial charge in [0.1, 0.15) is 5.82 Å². The topological polar surface area (TPSA) is 104 Å². The number of amides is 1. The fourth-order valence-corrected chi connectivity index (χ4v) is 3.66. The molecule has 2 atom stereocenters. The summed E-state index contributed by atoms with van der Waals surface area (Å²) < 4.78 is 24.4. The molecule has 2 aliphatic rings. The fraction of sp³-hybridized carbons (Fsp3) is 0.667. The van der Waals surface area contributed by atoms with Crippen LogP contribution in [0.4, 0.5) is 0 Å². The number of carbonyl (C=O) groups is 1. The summed E-state index contributed by atoms with van der Waals surface area (Å²) in [5, 5.41) is 2.99. The van der Waals surface area contributed by atoms with E-state index in [1.54, 1.807) is 18.5 Å². The molecule has 2 fully saturated rings. The summed E-state index contributed by atoms with van der Waals surface area (Å²) in [6, 6.07) is 1.84. The highest BCUT2D eigenvalue weighted by Crippen LogP contribution is 2.41. The standard InChI is InChI=1S/C15H23N5O3S/c1-24(22,23)18-7-15(21)19-13-9-20(8-12(13)11-3-4-11)10-14-16-5-2-6-17-14/h2,5-6,11-13,18H,3-4,7-10H2,1H3,(H,19,21)/t12-,13+/m0/s1. The van der Waals surface area contributed by atoms with Crippen molar-refractivity contribution in [2.75, 3.05) is 25.9 Å². The first-order valence-corrected chi connectivity index (χ1v) is 10.0. The zero-order valence-corrected chi connectivity index (χ0v) is 14.5. The highest BCUT2D eigenvalue weighted by molar-refractivity contribution is 7.88. The lowest BCUT2D eigenvalue weighted by atomic mass is 9.98. The monoisotopic (exact) mass is 353 g/mol. The Morgan fingerprint density at radius 3 is 2.62 bits per heavy atom. The van der Waals surface area contributed by atoms with Crippen molar-refractivity contribution in [3.8, 4) is 0 Å². The van der Waals surface area contributed by atoms with E-state index in [9.17, 15) is 13.2 Å². The minimum atomic E-state index is -3.36. The van der Waals surface area contributed by atoms with Crippen molar-refractivity contribution < 1.29 is 13.2 Å². The Bertz CT molecular complexity index is 678. The quantitative estimate of drug-likeness (QED) is 0.675. The molecule has 8 nitrogen and oxygen atoms in total. The first kappa shape index (κ1) is 17.2. The van der Waals surface area contributed by atoms with Crippen molar-refractivity contribution >= 4 is 15.9 Å². The van der Waals surface area contributed by atoms with Crippen LogP contribution in [0.2, 0.25) is 0 Å². The van der Waals surface area contributed by atoms with Crippen LogP contribution in [0.5, 0.6) is 0 Å². The molecule has 132 valence electrons. The van der Waals surface area contributed by atoms with E-state index in [1.807, 2.05) is 0 Å². The van der Waals surface area contributed by atoms with Gasteiger partial charge in [0.25, 0.3) is 0 Å². The second kappa shape index (κ2) is 7.12. The van der Waals surface area contributed by atoms with Gasteiger partial charge >= 0.3 is 0 Å². The number of sulfonamides is 1. The Morgan fingerprint density at radius 2 is 2.00 bits per heavy atom. The van der Waals surface area contributed by atoms with Crippen LogP contribution in [0, 0.1) is 11.8 Å². The van der Waals surface area contributed by atoms with Gasteiger partial charge in [0.05, 0.1) is 19.3 Å². The van der Waals surface area contributed by atoms with Gasteiger partial charge in [-0.05, 0) is 30.7 Å². The van der Waals surface area contributed by atoms with Crippen molar-refractivity contribution in [3.05, 3.63) is 24.3 Å². The van der Waals surface area contributed by atoms with Crippen molar-refractivity contribution in [1.82, 2.24) is 24.9 Å². The van der Waals surface area contributed by atoms with Crippen LogP contribution < -0.4 is 10.0 Å². The number of aromatic nitrogens is 2. The number of nitrogens with one attached hydrogen (secondary N) is 2. The number of hydrogen-bond donors (Lipinski definition) is 2. The molecule has 2 N–H and O–H groups in total. The minimum absolute atomic E-state index is 0.0510. The maximum atomic E-state index is 12.0. The van der Waals surface area contributed by atoms with Crippen LogP contribution in [-0.2, 0) is 21.4 Å². The van der Waals surface area contributed by atoms with Crippen molar-refractivity contribution in [2.24, 2.45) is 11.8 Å². The van der Waals surface area contributed by atoms with Crippen LogP contribution in [0.1, 0.15) is 18.7 Å². The Morgan fingerprint density at radius 1 is 1.29 bits per heavy atom. The number of hydrogen-bond acceptors (Lipinski definition) is 6. The molecular formula is C15H23N5O3S. The van der Waals surface area contributed by atoms with Gasteiger partial charge in [-0.15, -0.1) is 0 Å². The Hall–Kier alpha value is -1.58. The van der Waals surface area contributed by atoms with Crippen LogP contribution in [0.15, 0.2) is 18.5 Å². The lowest BCUT2D eigenvalue weighted by Crippen LogP contribution is -2.45. The molecule has 9 heteroatoms. The molecule has 0 radical (unpaired) electrons. The molecule has 1 aliphatic heterocycles. The molecule has 2 heterocycles. The smallest absolute Gasteiger partial charge is 0.235 e. The number of nitrogens with zero attached hydrogens (tertiary/aromatic N) is 3. The Labute approximate surface area is 142 Å². The number of carbonyl (C=O) groups excluding carboxylic acids is 1. The molecular weight excluding hydrogens is 330 g/mol. The molecule has 1 saturated heterocycles. The molecule has 0 spiro atoms. The molecule has 0 unspecified atom stereocenters. The summed E-state index contributed by atoms with van der Waals surface area (Å²) in [6.45, 7) is 2.10. The molecule has 0 bridgehead atoms.